The van der Waals surface area contributed by atoms with Crippen molar-refractivity contribution in [1.82, 2.24) is 0 Å². The summed E-state index contributed by atoms with van der Waals surface area (Å²) in [6, 6.07) is 7.84. The van der Waals surface area contributed by atoms with Gasteiger partial charge in [-0.15, -0.1) is 0 Å². The van der Waals surface area contributed by atoms with Crippen LogP contribution in [0.2, 0.25) is 0 Å². The van der Waals surface area contributed by atoms with Crippen molar-refractivity contribution < 1.29 is 9.84 Å². The van der Waals surface area contributed by atoms with Crippen molar-refractivity contribution in [1.29, 1.82) is 0 Å². The lowest BCUT2D eigenvalue weighted by atomic mass is 9.89. The molecule has 0 saturated heterocycles. The molecule has 0 aromatic heterocycles. The van der Waals surface area contributed by atoms with Gasteiger partial charge in [0.2, 0.25) is 0 Å². The van der Waals surface area contributed by atoms with Crippen LogP contribution in [0.3, 0.4) is 0 Å². The van der Waals surface area contributed by atoms with Gasteiger partial charge in [0.25, 0.3) is 0 Å². The van der Waals surface area contributed by atoms with E-state index in [-0.39, 0.29) is 0 Å². The maximum absolute atomic E-state index is 9.56. The molecule has 0 radical (unpaired) electrons. The summed E-state index contributed by atoms with van der Waals surface area (Å²) >= 11 is 0. The van der Waals surface area contributed by atoms with Gasteiger partial charge in [-0.05, 0) is 61.6 Å². The number of benzene rings is 1. The number of aliphatic hydroxyl groups is 1. The average Bonchev–Trinajstić information content (AvgIpc) is 2.99. The molecule has 2 saturated carbocycles. The third-order valence-corrected chi connectivity index (χ3v) is 4.69. The van der Waals surface area contributed by atoms with Crippen LogP contribution >= 0.6 is 0 Å². The van der Waals surface area contributed by atoms with Gasteiger partial charge in [0.15, 0.2) is 0 Å². The van der Waals surface area contributed by atoms with E-state index in [0.717, 1.165) is 35.7 Å². The third kappa shape index (κ3) is 2.39. The van der Waals surface area contributed by atoms with Crippen LogP contribution < -0.4 is 4.74 Å². The van der Waals surface area contributed by atoms with Crippen molar-refractivity contribution in [2.45, 2.75) is 38.7 Å². The first kappa shape index (κ1) is 12.0. The predicted molar refractivity (Wildman–Crippen MR) is 71.5 cm³/mol. The summed E-state index contributed by atoms with van der Waals surface area (Å²) in [6.07, 6.45) is 5.23. The highest BCUT2D eigenvalue weighted by Crippen LogP contribution is 2.48. The fraction of sp³-hybridized carbons (Fsp3) is 0.625. The van der Waals surface area contributed by atoms with Crippen molar-refractivity contribution in [3.63, 3.8) is 0 Å². The van der Waals surface area contributed by atoms with E-state index in [0.29, 0.717) is 0 Å². The number of ether oxygens (including phenoxy) is 1. The molecule has 2 nitrogen and oxygen atoms in total. The minimum atomic E-state index is -0.420. The standard InChI is InChI=1S/C16H22O2/c1-11(17)13-3-2-4-16(9-13)18-10-15-8-12-5-6-14(15)7-12/h2-4,9,11-12,14-15,17H,5-8,10H2,1H3/t11-,12?,14?,15?/m0/s1. The number of hydrogen-bond acceptors (Lipinski definition) is 2. The Labute approximate surface area is 109 Å². The van der Waals surface area contributed by atoms with Crippen LogP contribution in [0.5, 0.6) is 5.75 Å². The van der Waals surface area contributed by atoms with Crippen molar-refractivity contribution >= 4 is 0 Å². The third-order valence-electron chi connectivity index (χ3n) is 4.69. The van der Waals surface area contributed by atoms with Crippen LogP contribution in [0.4, 0.5) is 0 Å². The SMILES string of the molecule is C[C@H](O)c1cccc(OCC2CC3CCC2C3)c1. The Morgan fingerprint density at radius 1 is 1.33 bits per heavy atom. The number of rotatable bonds is 4. The summed E-state index contributed by atoms with van der Waals surface area (Å²) in [7, 11) is 0. The highest BCUT2D eigenvalue weighted by molar-refractivity contribution is 5.29. The second kappa shape index (κ2) is 4.93. The fourth-order valence-electron chi connectivity index (χ4n) is 3.65. The van der Waals surface area contributed by atoms with Gasteiger partial charge in [0.05, 0.1) is 12.7 Å². The Bertz CT molecular complexity index is 413. The Hall–Kier alpha value is -1.02. The molecule has 3 rings (SSSR count). The van der Waals surface area contributed by atoms with E-state index in [1.807, 2.05) is 24.3 Å². The van der Waals surface area contributed by atoms with Gasteiger partial charge in [-0.2, -0.15) is 0 Å². The Kier molecular flexibility index (Phi) is 3.29. The molecule has 0 spiro atoms. The van der Waals surface area contributed by atoms with Crippen LogP contribution in [0.15, 0.2) is 24.3 Å². The molecule has 98 valence electrons. The fourth-order valence-corrected chi connectivity index (χ4v) is 3.65. The minimum absolute atomic E-state index is 0.420. The van der Waals surface area contributed by atoms with E-state index >= 15 is 0 Å². The quantitative estimate of drug-likeness (QED) is 0.880. The highest BCUT2D eigenvalue weighted by atomic mass is 16.5. The maximum atomic E-state index is 9.56. The smallest absolute Gasteiger partial charge is 0.119 e. The second-order valence-corrected chi connectivity index (χ2v) is 5.99. The zero-order valence-corrected chi connectivity index (χ0v) is 11.0. The molecule has 2 heteroatoms. The Balaban J connectivity index is 1.58. The van der Waals surface area contributed by atoms with E-state index in [4.69, 9.17) is 4.74 Å². The zero-order chi connectivity index (χ0) is 12.5. The van der Waals surface area contributed by atoms with Crippen LogP contribution in [0.25, 0.3) is 0 Å². The lowest BCUT2D eigenvalue weighted by Gasteiger charge is -2.22. The first-order valence-electron chi connectivity index (χ1n) is 7.13. The average molecular weight is 246 g/mol. The Morgan fingerprint density at radius 2 is 2.22 bits per heavy atom. The van der Waals surface area contributed by atoms with Gasteiger partial charge < -0.3 is 9.84 Å². The summed E-state index contributed by atoms with van der Waals surface area (Å²) in [6.45, 7) is 2.64. The first-order chi connectivity index (χ1) is 8.72. The number of fused-ring (bicyclic) bond motifs is 2. The largest absolute Gasteiger partial charge is 0.493 e. The molecular weight excluding hydrogens is 224 g/mol. The van der Waals surface area contributed by atoms with Gasteiger partial charge in [-0.3, -0.25) is 0 Å². The van der Waals surface area contributed by atoms with E-state index in [9.17, 15) is 5.11 Å². The molecule has 2 fully saturated rings. The molecule has 1 aromatic carbocycles. The maximum Gasteiger partial charge on any atom is 0.119 e. The molecule has 2 bridgehead atoms. The number of aliphatic hydroxyl groups excluding tert-OH is 1. The summed E-state index contributed by atoms with van der Waals surface area (Å²) in [5.74, 6) is 3.55. The molecule has 0 heterocycles. The van der Waals surface area contributed by atoms with E-state index in [2.05, 4.69) is 0 Å². The predicted octanol–water partition coefficient (Wildman–Crippen LogP) is 3.55. The van der Waals surface area contributed by atoms with Crippen LogP contribution in [-0.2, 0) is 0 Å². The first-order valence-corrected chi connectivity index (χ1v) is 7.13. The summed E-state index contributed by atoms with van der Waals surface area (Å²) in [4.78, 5) is 0. The van der Waals surface area contributed by atoms with Crippen molar-refractivity contribution in [3.05, 3.63) is 29.8 Å². The molecule has 4 atom stereocenters. The van der Waals surface area contributed by atoms with E-state index < -0.39 is 6.10 Å². The van der Waals surface area contributed by atoms with Gasteiger partial charge in [0, 0.05) is 0 Å². The molecular formula is C16H22O2. The molecule has 2 aliphatic carbocycles. The van der Waals surface area contributed by atoms with Gasteiger partial charge in [0.1, 0.15) is 5.75 Å². The molecule has 0 aliphatic heterocycles. The number of hydrogen-bond donors (Lipinski definition) is 1. The molecule has 1 aromatic rings. The zero-order valence-electron chi connectivity index (χ0n) is 11.0. The summed E-state index contributed by atoms with van der Waals surface area (Å²) in [5, 5.41) is 9.56. The monoisotopic (exact) mass is 246 g/mol. The Morgan fingerprint density at radius 3 is 2.89 bits per heavy atom. The molecule has 0 amide bonds. The summed E-state index contributed by atoms with van der Waals surface area (Å²) in [5.41, 5.74) is 0.931. The van der Waals surface area contributed by atoms with Gasteiger partial charge in [-0.25, -0.2) is 0 Å². The van der Waals surface area contributed by atoms with Crippen molar-refractivity contribution in [2.24, 2.45) is 17.8 Å². The van der Waals surface area contributed by atoms with Crippen LogP contribution in [0.1, 0.15) is 44.3 Å². The lowest BCUT2D eigenvalue weighted by molar-refractivity contribution is 0.189. The second-order valence-electron chi connectivity index (χ2n) is 5.99. The minimum Gasteiger partial charge on any atom is -0.493 e. The highest BCUT2D eigenvalue weighted by Gasteiger charge is 2.39. The van der Waals surface area contributed by atoms with Gasteiger partial charge >= 0.3 is 0 Å². The topological polar surface area (TPSA) is 29.5 Å². The van der Waals surface area contributed by atoms with Crippen LogP contribution in [0, 0.1) is 17.8 Å². The molecule has 18 heavy (non-hydrogen) atoms. The molecule has 2 aliphatic rings. The van der Waals surface area contributed by atoms with Crippen LogP contribution in [-0.4, -0.2) is 11.7 Å². The lowest BCUT2D eigenvalue weighted by Crippen LogP contribution is -2.18. The van der Waals surface area contributed by atoms with Crippen molar-refractivity contribution in [3.8, 4) is 5.75 Å². The molecule has 1 N–H and O–H groups in total. The summed E-state index contributed by atoms with van der Waals surface area (Å²) < 4.78 is 5.92. The van der Waals surface area contributed by atoms with Crippen molar-refractivity contribution in [2.75, 3.05) is 6.61 Å². The molecule has 3 unspecified atom stereocenters. The van der Waals surface area contributed by atoms with E-state index in [1.54, 1.807) is 6.92 Å². The van der Waals surface area contributed by atoms with E-state index in [1.165, 1.54) is 25.7 Å². The normalized spacial score (nSPS) is 31.6. The van der Waals surface area contributed by atoms with Gasteiger partial charge in [-0.1, -0.05) is 18.6 Å².